The molecule has 2 aromatic heterocycles. The van der Waals surface area contributed by atoms with Gasteiger partial charge in [-0.3, -0.25) is 9.69 Å². The van der Waals surface area contributed by atoms with Crippen LogP contribution in [0, 0.1) is 10.8 Å². The lowest BCUT2D eigenvalue weighted by Gasteiger charge is -2.40. The SMILES string of the molecule is CCc1cc2c(=O)c(-c3nc4ccccc4s3)coc2c(CN2C[C@]3(C)C[C@@H]2CC(C)(C)C3)c1O. The van der Waals surface area contributed by atoms with E-state index in [4.69, 9.17) is 4.42 Å². The maximum absolute atomic E-state index is 13.7. The van der Waals surface area contributed by atoms with Gasteiger partial charge in [-0.1, -0.05) is 39.8 Å². The van der Waals surface area contributed by atoms with E-state index in [0.717, 1.165) is 34.3 Å². The molecule has 1 N–H and O–H groups in total. The third-order valence-corrected chi connectivity index (χ3v) is 9.07. The number of likely N-dealkylation sites (tertiary alicyclic amines) is 1. The van der Waals surface area contributed by atoms with E-state index in [1.54, 1.807) is 0 Å². The molecule has 6 heteroatoms. The van der Waals surface area contributed by atoms with Gasteiger partial charge in [-0.15, -0.1) is 11.3 Å². The lowest BCUT2D eigenvalue weighted by atomic mass is 9.65. The highest BCUT2D eigenvalue weighted by atomic mass is 32.1. The molecule has 1 saturated carbocycles. The van der Waals surface area contributed by atoms with Crippen molar-refractivity contribution in [3.05, 3.63) is 57.9 Å². The first kappa shape index (κ1) is 22.7. The number of nitrogens with zero attached hydrogens (tertiary/aromatic N) is 2. The topological polar surface area (TPSA) is 66.6 Å². The normalized spacial score (nSPS) is 23.9. The first-order valence-corrected chi connectivity index (χ1v) is 13.4. The van der Waals surface area contributed by atoms with Crippen molar-refractivity contribution in [3.63, 3.8) is 0 Å². The molecule has 2 aromatic carbocycles. The fraction of sp³-hybridized carbons (Fsp3) is 0.448. The number of phenols is 1. The van der Waals surface area contributed by atoms with Crippen LogP contribution in [0.5, 0.6) is 5.75 Å². The Morgan fingerprint density at radius 1 is 1.23 bits per heavy atom. The van der Waals surface area contributed by atoms with Crippen LogP contribution in [0.4, 0.5) is 0 Å². The molecule has 0 radical (unpaired) electrons. The van der Waals surface area contributed by atoms with Gasteiger partial charge < -0.3 is 9.52 Å². The van der Waals surface area contributed by atoms with Gasteiger partial charge in [0.15, 0.2) is 0 Å². The molecule has 1 aliphatic heterocycles. The summed E-state index contributed by atoms with van der Waals surface area (Å²) in [5.74, 6) is 0.266. The Bertz CT molecular complexity index is 1480. The summed E-state index contributed by atoms with van der Waals surface area (Å²) >= 11 is 1.50. The Balaban J connectivity index is 1.46. The highest BCUT2D eigenvalue weighted by Crippen LogP contribution is 2.53. The Morgan fingerprint density at radius 3 is 2.80 bits per heavy atom. The van der Waals surface area contributed by atoms with E-state index in [0.29, 0.717) is 51.4 Å². The second kappa shape index (κ2) is 7.90. The molecule has 6 rings (SSSR count). The molecule has 182 valence electrons. The van der Waals surface area contributed by atoms with Gasteiger partial charge in [0.25, 0.3) is 0 Å². The molecule has 4 aromatic rings. The second-order valence-electron chi connectivity index (χ2n) is 11.7. The smallest absolute Gasteiger partial charge is 0.202 e. The van der Waals surface area contributed by atoms with Gasteiger partial charge in [0.05, 0.1) is 26.7 Å². The van der Waals surface area contributed by atoms with Gasteiger partial charge in [-0.05, 0) is 60.3 Å². The minimum atomic E-state index is -0.0884. The van der Waals surface area contributed by atoms with Gasteiger partial charge in [0, 0.05) is 19.1 Å². The fourth-order valence-electron chi connectivity index (χ4n) is 6.91. The fourth-order valence-corrected chi connectivity index (χ4v) is 7.88. The monoisotopic (exact) mass is 488 g/mol. The molecule has 1 saturated heterocycles. The number of aromatic nitrogens is 1. The number of benzene rings is 2. The summed E-state index contributed by atoms with van der Waals surface area (Å²) in [5.41, 5.74) is 3.90. The van der Waals surface area contributed by atoms with Crippen LogP contribution in [0.3, 0.4) is 0 Å². The molecule has 0 spiro atoms. The third kappa shape index (κ3) is 3.78. The summed E-state index contributed by atoms with van der Waals surface area (Å²) in [6.45, 7) is 10.7. The highest BCUT2D eigenvalue weighted by Gasteiger charge is 2.49. The molecule has 0 unspecified atom stereocenters. The van der Waals surface area contributed by atoms with Crippen LogP contribution in [0.2, 0.25) is 0 Å². The Labute approximate surface area is 209 Å². The summed E-state index contributed by atoms with van der Waals surface area (Å²) in [6, 6.07) is 10.2. The molecule has 0 amide bonds. The van der Waals surface area contributed by atoms with Crippen molar-refractivity contribution in [2.75, 3.05) is 6.54 Å². The van der Waals surface area contributed by atoms with Crippen molar-refractivity contribution in [2.45, 2.75) is 66.0 Å². The summed E-state index contributed by atoms with van der Waals surface area (Å²) in [4.78, 5) is 20.9. The zero-order valence-electron chi connectivity index (χ0n) is 20.9. The van der Waals surface area contributed by atoms with Gasteiger partial charge in [0.1, 0.15) is 22.6 Å². The van der Waals surface area contributed by atoms with Gasteiger partial charge in [0.2, 0.25) is 5.43 Å². The Hall–Kier alpha value is -2.70. The summed E-state index contributed by atoms with van der Waals surface area (Å²) in [7, 11) is 0. The van der Waals surface area contributed by atoms with Crippen molar-refractivity contribution in [3.8, 4) is 16.3 Å². The molecule has 3 heterocycles. The van der Waals surface area contributed by atoms with E-state index < -0.39 is 0 Å². The van der Waals surface area contributed by atoms with Crippen molar-refractivity contribution >= 4 is 32.5 Å². The largest absolute Gasteiger partial charge is 0.507 e. The molecule has 1 aliphatic carbocycles. The minimum Gasteiger partial charge on any atom is -0.507 e. The number of para-hydroxylation sites is 1. The predicted molar refractivity (Wildman–Crippen MR) is 142 cm³/mol. The van der Waals surface area contributed by atoms with E-state index in [2.05, 4.69) is 30.7 Å². The number of phenolic OH excluding ortho intramolecular Hbond substituents is 1. The first-order chi connectivity index (χ1) is 16.7. The second-order valence-corrected chi connectivity index (χ2v) is 12.7. The lowest BCUT2D eigenvalue weighted by Crippen LogP contribution is -2.34. The average molecular weight is 489 g/mol. The van der Waals surface area contributed by atoms with Gasteiger partial charge in [-0.2, -0.15) is 0 Å². The van der Waals surface area contributed by atoms with Crippen LogP contribution >= 0.6 is 11.3 Å². The number of rotatable bonds is 4. The zero-order valence-corrected chi connectivity index (χ0v) is 21.7. The summed E-state index contributed by atoms with van der Waals surface area (Å²) in [6.07, 6.45) is 5.74. The van der Waals surface area contributed by atoms with Gasteiger partial charge >= 0.3 is 0 Å². The molecule has 2 bridgehead atoms. The Morgan fingerprint density at radius 2 is 2.03 bits per heavy atom. The minimum absolute atomic E-state index is 0.0884. The number of aromatic hydroxyl groups is 1. The van der Waals surface area contributed by atoms with Gasteiger partial charge in [-0.25, -0.2) is 4.98 Å². The third-order valence-electron chi connectivity index (χ3n) is 8.00. The molecular formula is C29H32N2O3S. The molecule has 35 heavy (non-hydrogen) atoms. The predicted octanol–water partition coefficient (Wildman–Crippen LogP) is 6.74. The lowest BCUT2D eigenvalue weighted by molar-refractivity contribution is 0.126. The first-order valence-electron chi connectivity index (χ1n) is 12.6. The quantitative estimate of drug-likeness (QED) is 0.345. The van der Waals surface area contributed by atoms with Crippen molar-refractivity contribution in [1.82, 2.24) is 9.88 Å². The molecule has 2 atom stereocenters. The average Bonchev–Trinajstić information content (AvgIpc) is 3.32. The van der Waals surface area contributed by atoms with E-state index in [1.165, 1.54) is 30.4 Å². The zero-order chi connectivity index (χ0) is 24.5. The van der Waals surface area contributed by atoms with E-state index in [-0.39, 0.29) is 11.2 Å². The van der Waals surface area contributed by atoms with Crippen LogP contribution in [0.25, 0.3) is 31.8 Å². The summed E-state index contributed by atoms with van der Waals surface area (Å²) in [5, 5.41) is 12.4. The maximum Gasteiger partial charge on any atom is 0.202 e. The van der Waals surface area contributed by atoms with E-state index >= 15 is 0 Å². The molecule has 2 fully saturated rings. The molecular weight excluding hydrogens is 456 g/mol. The number of hydrogen-bond donors (Lipinski definition) is 1. The van der Waals surface area contributed by atoms with Crippen molar-refractivity contribution in [2.24, 2.45) is 10.8 Å². The molecule has 2 aliphatic rings. The highest BCUT2D eigenvalue weighted by molar-refractivity contribution is 7.21. The number of thiazole rings is 1. The molecule has 5 nitrogen and oxygen atoms in total. The standard InChI is InChI=1S/C29H32N2O3S/c1-5-17-10-19-25(33)21(27-30-22-8-6-7-9-23(22)35-27)14-34-26(19)20(24(17)32)13-31-16-29(4)12-18(31)11-28(2,3)15-29/h6-10,14,18,32H,5,11-13,15-16H2,1-4H3/t18-,29+/m0/s1. The van der Waals surface area contributed by atoms with Crippen LogP contribution in [0.15, 0.2) is 45.8 Å². The van der Waals surface area contributed by atoms with Crippen LogP contribution < -0.4 is 5.43 Å². The van der Waals surface area contributed by atoms with Crippen LogP contribution in [-0.4, -0.2) is 27.6 Å². The number of aryl methyl sites for hydroxylation is 1. The van der Waals surface area contributed by atoms with Crippen LogP contribution in [-0.2, 0) is 13.0 Å². The van der Waals surface area contributed by atoms with Crippen molar-refractivity contribution in [1.29, 1.82) is 0 Å². The Kier molecular flexibility index (Phi) is 5.14. The maximum atomic E-state index is 13.7. The van der Waals surface area contributed by atoms with E-state index in [1.807, 2.05) is 37.3 Å². The van der Waals surface area contributed by atoms with Crippen molar-refractivity contribution < 1.29 is 9.52 Å². The van der Waals surface area contributed by atoms with Crippen LogP contribution in [0.1, 0.15) is 58.1 Å². The van der Waals surface area contributed by atoms with E-state index in [9.17, 15) is 9.90 Å². The number of hydrogen-bond acceptors (Lipinski definition) is 6. The summed E-state index contributed by atoms with van der Waals surface area (Å²) < 4.78 is 7.19. The number of fused-ring (bicyclic) bond motifs is 4.